The number of fused-ring (bicyclic) bond motifs is 1. The summed E-state index contributed by atoms with van der Waals surface area (Å²) in [6, 6.07) is 15.8. The Labute approximate surface area is 124 Å². The van der Waals surface area contributed by atoms with Gasteiger partial charge in [0.05, 0.1) is 6.54 Å². The fourth-order valence-electron chi connectivity index (χ4n) is 2.58. The van der Waals surface area contributed by atoms with Crippen LogP contribution < -0.4 is 0 Å². The first-order valence-corrected chi connectivity index (χ1v) is 6.97. The summed E-state index contributed by atoms with van der Waals surface area (Å²) in [5.41, 5.74) is 4.42. The molecule has 1 aliphatic rings. The van der Waals surface area contributed by atoms with Crippen molar-refractivity contribution in [3.8, 4) is 0 Å². The summed E-state index contributed by atoms with van der Waals surface area (Å²) < 4.78 is 5.38. The molecule has 0 radical (unpaired) electrons. The molecule has 1 aliphatic heterocycles. The van der Waals surface area contributed by atoms with E-state index in [1.807, 2.05) is 54.6 Å². The van der Waals surface area contributed by atoms with Crippen molar-refractivity contribution in [1.29, 1.82) is 0 Å². The number of ether oxygens (including phenoxy) is 1. The van der Waals surface area contributed by atoms with Crippen LogP contribution in [0, 0.1) is 0 Å². The second-order valence-corrected chi connectivity index (χ2v) is 5.09. The average molecular weight is 279 g/mol. The fraction of sp³-hybridized carbons (Fsp3) is 0.167. The van der Waals surface area contributed by atoms with Gasteiger partial charge in [0, 0.05) is 6.54 Å². The molecule has 2 aromatic rings. The molecular formula is C18H17NO2. The summed E-state index contributed by atoms with van der Waals surface area (Å²) in [6.45, 7) is 5.32. The van der Waals surface area contributed by atoms with Crippen molar-refractivity contribution >= 4 is 12.2 Å². The molecule has 0 spiro atoms. The van der Waals surface area contributed by atoms with Gasteiger partial charge in [0.25, 0.3) is 0 Å². The molecule has 0 N–H and O–H groups in total. The molecule has 0 atom stereocenters. The van der Waals surface area contributed by atoms with E-state index in [1.54, 1.807) is 4.90 Å². The quantitative estimate of drug-likeness (QED) is 0.850. The maximum atomic E-state index is 12.2. The van der Waals surface area contributed by atoms with Crippen LogP contribution in [-0.2, 0) is 24.4 Å². The van der Waals surface area contributed by atoms with Crippen molar-refractivity contribution in [2.75, 3.05) is 0 Å². The Hall–Kier alpha value is -2.55. The maximum absolute atomic E-state index is 12.2. The molecular weight excluding hydrogens is 262 g/mol. The summed E-state index contributed by atoms with van der Waals surface area (Å²) in [5, 5.41) is 0. The lowest BCUT2D eigenvalue weighted by Gasteiger charge is -2.15. The van der Waals surface area contributed by atoms with Crippen LogP contribution in [0.25, 0.3) is 6.08 Å². The van der Waals surface area contributed by atoms with Crippen LogP contribution >= 0.6 is 0 Å². The molecule has 106 valence electrons. The second-order valence-electron chi connectivity index (χ2n) is 5.09. The molecule has 3 rings (SSSR count). The molecule has 1 heterocycles. The molecule has 2 aromatic carbocycles. The van der Waals surface area contributed by atoms with Gasteiger partial charge in [0.15, 0.2) is 0 Å². The summed E-state index contributed by atoms with van der Waals surface area (Å²) in [6.07, 6.45) is 1.56. The van der Waals surface area contributed by atoms with E-state index in [0.29, 0.717) is 19.7 Å². The van der Waals surface area contributed by atoms with Gasteiger partial charge in [-0.2, -0.15) is 0 Å². The Bertz CT molecular complexity index is 664. The Morgan fingerprint density at radius 3 is 2.71 bits per heavy atom. The third kappa shape index (κ3) is 2.82. The van der Waals surface area contributed by atoms with Crippen LogP contribution in [0.1, 0.15) is 22.3 Å². The van der Waals surface area contributed by atoms with E-state index in [0.717, 1.165) is 11.1 Å². The molecule has 21 heavy (non-hydrogen) atoms. The van der Waals surface area contributed by atoms with Crippen molar-refractivity contribution in [3.05, 3.63) is 77.4 Å². The van der Waals surface area contributed by atoms with Gasteiger partial charge in [0.1, 0.15) is 6.61 Å². The van der Waals surface area contributed by atoms with Gasteiger partial charge >= 0.3 is 6.09 Å². The molecule has 3 nitrogen and oxygen atoms in total. The maximum Gasteiger partial charge on any atom is 0.410 e. The monoisotopic (exact) mass is 279 g/mol. The number of hydrogen-bond donors (Lipinski definition) is 0. The highest BCUT2D eigenvalue weighted by Crippen LogP contribution is 2.27. The SMILES string of the molecule is C=Cc1cccc2c1CN(C(=O)OCc1ccccc1)C2. The van der Waals surface area contributed by atoms with Crippen LogP contribution in [0.2, 0.25) is 0 Å². The molecule has 0 saturated heterocycles. The van der Waals surface area contributed by atoms with Gasteiger partial charge < -0.3 is 4.74 Å². The smallest absolute Gasteiger partial charge is 0.410 e. The minimum absolute atomic E-state index is 0.273. The molecule has 0 aromatic heterocycles. The number of benzene rings is 2. The van der Waals surface area contributed by atoms with Gasteiger partial charge in [-0.05, 0) is 22.3 Å². The molecule has 0 saturated carbocycles. The van der Waals surface area contributed by atoms with Crippen molar-refractivity contribution in [1.82, 2.24) is 4.90 Å². The summed E-state index contributed by atoms with van der Waals surface area (Å²) in [5.74, 6) is 0. The molecule has 1 amide bonds. The first-order chi connectivity index (χ1) is 10.3. The first-order valence-electron chi connectivity index (χ1n) is 6.97. The highest BCUT2D eigenvalue weighted by molar-refractivity contribution is 5.70. The predicted octanol–water partition coefficient (Wildman–Crippen LogP) is 3.98. The number of amides is 1. The highest BCUT2D eigenvalue weighted by Gasteiger charge is 2.25. The van der Waals surface area contributed by atoms with Crippen LogP contribution in [0.3, 0.4) is 0 Å². The third-order valence-corrected chi connectivity index (χ3v) is 3.70. The zero-order valence-electron chi connectivity index (χ0n) is 11.8. The van der Waals surface area contributed by atoms with Crippen molar-refractivity contribution in [3.63, 3.8) is 0 Å². The van der Waals surface area contributed by atoms with E-state index in [2.05, 4.69) is 6.58 Å². The lowest BCUT2D eigenvalue weighted by atomic mass is 10.0. The van der Waals surface area contributed by atoms with E-state index < -0.39 is 0 Å². The first kappa shape index (κ1) is 13.4. The number of hydrogen-bond acceptors (Lipinski definition) is 2. The summed E-state index contributed by atoms with van der Waals surface area (Å²) in [7, 11) is 0. The van der Waals surface area contributed by atoms with Crippen molar-refractivity contribution < 1.29 is 9.53 Å². The van der Waals surface area contributed by atoms with E-state index >= 15 is 0 Å². The van der Waals surface area contributed by atoms with E-state index in [-0.39, 0.29) is 6.09 Å². The van der Waals surface area contributed by atoms with Crippen LogP contribution in [0.4, 0.5) is 4.79 Å². The standard InChI is InChI=1S/C18H17NO2/c1-2-15-9-6-10-16-11-19(12-17(15)16)18(20)21-13-14-7-4-3-5-8-14/h2-10H,1,11-13H2. The molecule has 0 fully saturated rings. The zero-order chi connectivity index (χ0) is 14.7. The van der Waals surface area contributed by atoms with E-state index in [1.165, 1.54) is 11.1 Å². The number of carbonyl (C=O) groups is 1. The van der Waals surface area contributed by atoms with Gasteiger partial charge in [-0.15, -0.1) is 0 Å². The van der Waals surface area contributed by atoms with Crippen LogP contribution in [0.5, 0.6) is 0 Å². The minimum atomic E-state index is -0.273. The van der Waals surface area contributed by atoms with Crippen molar-refractivity contribution in [2.45, 2.75) is 19.7 Å². The summed E-state index contributed by atoms with van der Waals surface area (Å²) >= 11 is 0. The van der Waals surface area contributed by atoms with Gasteiger partial charge in [-0.3, -0.25) is 4.90 Å². The van der Waals surface area contributed by atoms with Crippen LogP contribution in [0.15, 0.2) is 55.1 Å². The van der Waals surface area contributed by atoms with Gasteiger partial charge in [-0.25, -0.2) is 4.79 Å². The van der Waals surface area contributed by atoms with E-state index in [4.69, 9.17) is 4.74 Å². The zero-order valence-corrected chi connectivity index (χ0v) is 11.8. The largest absolute Gasteiger partial charge is 0.445 e. The van der Waals surface area contributed by atoms with Gasteiger partial charge in [0.2, 0.25) is 0 Å². The Morgan fingerprint density at radius 1 is 1.14 bits per heavy atom. The minimum Gasteiger partial charge on any atom is -0.445 e. The normalized spacial score (nSPS) is 12.9. The number of nitrogens with zero attached hydrogens (tertiary/aromatic N) is 1. The highest BCUT2D eigenvalue weighted by atomic mass is 16.6. The third-order valence-electron chi connectivity index (χ3n) is 3.70. The average Bonchev–Trinajstić information content (AvgIpc) is 2.97. The number of rotatable bonds is 3. The second kappa shape index (κ2) is 5.83. The lowest BCUT2D eigenvalue weighted by Crippen LogP contribution is -2.26. The van der Waals surface area contributed by atoms with Gasteiger partial charge in [-0.1, -0.05) is 61.2 Å². The predicted molar refractivity (Wildman–Crippen MR) is 82.4 cm³/mol. The summed E-state index contributed by atoms with van der Waals surface area (Å²) in [4.78, 5) is 13.9. The molecule has 0 aliphatic carbocycles. The Balaban J connectivity index is 1.64. The molecule has 0 bridgehead atoms. The Kier molecular flexibility index (Phi) is 3.73. The Morgan fingerprint density at radius 2 is 1.95 bits per heavy atom. The lowest BCUT2D eigenvalue weighted by molar-refractivity contribution is 0.0955. The molecule has 3 heteroatoms. The van der Waals surface area contributed by atoms with Crippen molar-refractivity contribution in [2.24, 2.45) is 0 Å². The topological polar surface area (TPSA) is 29.5 Å². The number of carbonyl (C=O) groups excluding carboxylic acids is 1. The van der Waals surface area contributed by atoms with Crippen LogP contribution in [-0.4, -0.2) is 11.0 Å². The molecule has 0 unspecified atom stereocenters. The van der Waals surface area contributed by atoms with E-state index in [9.17, 15) is 4.79 Å². The fourth-order valence-corrected chi connectivity index (χ4v) is 2.58.